The Labute approximate surface area is 111 Å². The molecule has 0 amide bonds. The lowest BCUT2D eigenvalue weighted by Gasteiger charge is -2.14. The minimum atomic E-state index is -0.0229. The summed E-state index contributed by atoms with van der Waals surface area (Å²) in [7, 11) is 3.83. The summed E-state index contributed by atoms with van der Waals surface area (Å²) in [6.07, 6.45) is 1.82. The zero-order valence-electron chi connectivity index (χ0n) is 11.2. The molecule has 5 nitrogen and oxygen atoms in total. The third-order valence-electron chi connectivity index (χ3n) is 3.54. The van der Waals surface area contributed by atoms with E-state index >= 15 is 0 Å². The highest BCUT2D eigenvalue weighted by Gasteiger charge is 2.19. The van der Waals surface area contributed by atoms with Crippen molar-refractivity contribution in [2.45, 2.75) is 25.9 Å². The molecule has 1 aromatic heterocycles. The van der Waals surface area contributed by atoms with Crippen LogP contribution < -0.4 is 5.56 Å². The second-order valence-corrected chi connectivity index (χ2v) is 5.28. The van der Waals surface area contributed by atoms with E-state index in [0.717, 1.165) is 25.2 Å². The second kappa shape index (κ2) is 4.35. The fraction of sp³-hybridized carbons (Fsp3) is 0.429. The number of phenols is 1. The number of phenolic OH excluding ortho intramolecular Hbond substituents is 1. The summed E-state index contributed by atoms with van der Waals surface area (Å²) in [6, 6.07) is 3.35. The number of aromatic hydroxyl groups is 1. The number of aryl methyl sites for hydroxylation is 1. The van der Waals surface area contributed by atoms with Crippen molar-refractivity contribution in [3.8, 4) is 5.75 Å². The van der Waals surface area contributed by atoms with Gasteiger partial charge in [0, 0.05) is 25.1 Å². The van der Waals surface area contributed by atoms with Crippen LogP contribution in [-0.2, 0) is 19.5 Å². The van der Waals surface area contributed by atoms with Gasteiger partial charge in [0.25, 0.3) is 5.56 Å². The molecule has 0 fully saturated rings. The summed E-state index contributed by atoms with van der Waals surface area (Å²) >= 11 is 0. The highest BCUT2D eigenvalue weighted by Crippen LogP contribution is 2.26. The average Bonchev–Trinajstić information content (AvgIpc) is 2.81. The minimum absolute atomic E-state index is 0.0229. The van der Waals surface area contributed by atoms with Crippen LogP contribution in [0.1, 0.15) is 17.8 Å². The molecule has 100 valence electrons. The summed E-state index contributed by atoms with van der Waals surface area (Å²) in [6.45, 7) is 1.26. The van der Waals surface area contributed by atoms with E-state index in [0.29, 0.717) is 23.0 Å². The molecule has 0 spiro atoms. The maximum atomic E-state index is 12.6. The Bertz CT molecular complexity index is 704. The molecule has 0 aliphatic carbocycles. The van der Waals surface area contributed by atoms with Gasteiger partial charge in [-0.15, -0.1) is 0 Å². The fourth-order valence-corrected chi connectivity index (χ4v) is 2.70. The summed E-state index contributed by atoms with van der Waals surface area (Å²) in [5.74, 6) is 1.03. The predicted molar refractivity (Wildman–Crippen MR) is 73.4 cm³/mol. The topological polar surface area (TPSA) is 58.4 Å². The van der Waals surface area contributed by atoms with Crippen molar-refractivity contribution in [1.82, 2.24) is 14.5 Å². The van der Waals surface area contributed by atoms with Gasteiger partial charge < -0.3 is 10.0 Å². The van der Waals surface area contributed by atoms with Crippen LogP contribution in [0.4, 0.5) is 0 Å². The SMILES string of the molecule is CN(C)Cc1c(O)ccc2nc3n(c(=O)c12)CCC3. The van der Waals surface area contributed by atoms with Gasteiger partial charge in [0.15, 0.2) is 0 Å². The van der Waals surface area contributed by atoms with Crippen LogP contribution in [0, 0.1) is 0 Å². The Kier molecular flexibility index (Phi) is 2.78. The lowest BCUT2D eigenvalue weighted by molar-refractivity contribution is 0.387. The van der Waals surface area contributed by atoms with Crippen molar-refractivity contribution in [1.29, 1.82) is 0 Å². The first-order valence-corrected chi connectivity index (χ1v) is 6.47. The number of rotatable bonds is 2. The summed E-state index contributed by atoms with van der Waals surface area (Å²) in [4.78, 5) is 19.1. The Balaban J connectivity index is 2.36. The average molecular weight is 259 g/mol. The molecular formula is C14H17N3O2. The molecule has 0 bridgehead atoms. The summed E-state index contributed by atoms with van der Waals surface area (Å²) in [5.41, 5.74) is 1.33. The number of hydrogen-bond acceptors (Lipinski definition) is 4. The molecule has 1 aliphatic rings. The highest BCUT2D eigenvalue weighted by atomic mass is 16.3. The first-order chi connectivity index (χ1) is 9.08. The molecule has 0 unspecified atom stereocenters. The molecule has 0 saturated carbocycles. The van der Waals surface area contributed by atoms with Crippen molar-refractivity contribution in [2.75, 3.05) is 14.1 Å². The van der Waals surface area contributed by atoms with Crippen molar-refractivity contribution < 1.29 is 5.11 Å². The fourth-order valence-electron chi connectivity index (χ4n) is 2.70. The lowest BCUT2D eigenvalue weighted by atomic mass is 10.1. The maximum Gasteiger partial charge on any atom is 0.261 e. The van der Waals surface area contributed by atoms with E-state index in [1.807, 2.05) is 19.0 Å². The first kappa shape index (κ1) is 12.2. The van der Waals surface area contributed by atoms with Crippen LogP contribution in [0.5, 0.6) is 5.75 Å². The number of benzene rings is 1. The Morgan fingerprint density at radius 2 is 2.21 bits per heavy atom. The van der Waals surface area contributed by atoms with Crippen molar-refractivity contribution in [3.05, 3.63) is 33.9 Å². The van der Waals surface area contributed by atoms with E-state index < -0.39 is 0 Å². The van der Waals surface area contributed by atoms with Crippen molar-refractivity contribution in [2.24, 2.45) is 0 Å². The quantitative estimate of drug-likeness (QED) is 0.877. The molecule has 0 saturated heterocycles. The molecule has 0 radical (unpaired) electrons. The lowest BCUT2D eigenvalue weighted by Crippen LogP contribution is -2.23. The van der Waals surface area contributed by atoms with Crippen LogP contribution in [0.2, 0.25) is 0 Å². The molecule has 0 atom stereocenters. The van der Waals surface area contributed by atoms with E-state index in [-0.39, 0.29) is 11.3 Å². The summed E-state index contributed by atoms with van der Waals surface area (Å²) in [5, 5.41) is 10.6. The minimum Gasteiger partial charge on any atom is -0.508 e. The Hall–Kier alpha value is -1.88. The van der Waals surface area contributed by atoms with Gasteiger partial charge in [0.2, 0.25) is 0 Å². The third-order valence-corrected chi connectivity index (χ3v) is 3.54. The number of fused-ring (bicyclic) bond motifs is 2. The molecule has 3 rings (SSSR count). The molecule has 1 N–H and O–H groups in total. The van der Waals surface area contributed by atoms with E-state index in [1.54, 1.807) is 16.7 Å². The first-order valence-electron chi connectivity index (χ1n) is 6.47. The normalized spacial score (nSPS) is 14.3. The highest BCUT2D eigenvalue weighted by molar-refractivity contribution is 5.83. The zero-order chi connectivity index (χ0) is 13.6. The van der Waals surface area contributed by atoms with Gasteiger partial charge in [0.05, 0.1) is 10.9 Å². The zero-order valence-corrected chi connectivity index (χ0v) is 11.2. The molecule has 2 heterocycles. The third kappa shape index (κ3) is 1.90. The second-order valence-electron chi connectivity index (χ2n) is 5.28. The van der Waals surface area contributed by atoms with Crippen LogP contribution in [-0.4, -0.2) is 33.7 Å². The van der Waals surface area contributed by atoms with E-state index in [1.165, 1.54) is 0 Å². The Morgan fingerprint density at radius 1 is 1.42 bits per heavy atom. The molecule has 2 aromatic rings. The van der Waals surface area contributed by atoms with Gasteiger partial charge in [-0.1, -0.05) is 0 Å². The molecule has 5 heteroatoms. The van der Waals surface area contributed by atoms with Crippen LogP contribution in [0.25, 0.3) is 10.9 Å². The van der Waals surface area contributed by atoms with E-state index in [9.17, 15) is 9.90 Å². The molecule has 19 heavy (non-hydrogen) atoms. The number of aromatic nitrogens is 2. The standard InChI is InChI=1S/C14H17N3O2/c1-16(2)8-9-11(18)6-5-10-13(9)14(19)17-7-3-4-12(17)15-10/h5-6,18H,3-4,7-8H2,1-2H3. The van der Waals surface area contributed by atoms with Gasteiger partial charge in [-0.3, -0.25) is 9.36 Å². The molecule has 1 aliphatic heterocycles. The maximum absolute atomic E-state index is 12.6. The summed E-state index contributed by atoms with van der Waals surface area (Å²) < 4.78 is 1.74. The van der Waals surface area contributed by atoms with Crippen molar-refractivity contribution >= 4 is 10.9 Å². The molecular weight excluding hydrogens is 242 g/mol. The van der Waals surface area contributed by atoms with Gasteiger partial charge in [-0.25, -0.2) is 4.98 Å². The van der Waals surface area contributed by atoms with Gasteiger partial charge in [0.1, 0.15) is 11.6 Å². The number of hydrogen-bond donors (Lipinski definition) is 1. The predicted octanol–water partition coefficient (Wildman–Crippen LogP) is 1.11. The Morgan fingerprint density at radius 3 is 2.95 bits per heavy atom. The van der Waals surface area contributed by atoms with Gasteiger partial charge in [-0.2, -0.15) is 0 Å². The number of nitrogens with zero attached hydrogens (tertiary/aromatic N) is 3. The van der Waals surface area contributed by atoms with Crippen LogP contribution in [0.15, 0.2) is 16.9 Å². The monoisotopic (exact) mass is 259 g/mol. The smallest absolute Gasteiger partial charge is 0.261 e. The van der Waals surface area contributed by atoms with Gasteiger partial charge >= 0.3 is 0 Å². The largest absolute Gasteiger partial charge is 0.508 e. The van der Waals surface area contributed by atoms with Crippen LogP contribution >= 0.6 is 0 Å². The van der Waals surface area contributed by atoms with Gasteiger partial charge in [-0.05, 0) is 32.6 Å². The van der Waals surface area contributed by atoms with E-state index in [2.05, 4.69) is 4.98 Å². The van der Waals surface area contributed by atoms with Crippen molar-refractivity contribution in [3.63, 3.8) is 0 Å². The van der Waals surface area contributed by atoms with Crippen LogP contribution in [0.3, 0.4) is 0 Å². The molecule has 1 aromatic carbocycles. The van der Waals surface area contributed by atoms with E-state index in [4.69, 9.17) is 0 Å².